The lowest BCUT2D eigenvalue weighted by Crippen LogP contribution is -2.06. The van der Waals surface area contributed by atoms with Crippen LogP contribution in [0.25, 0.3) is 11.4 Å². The standard InChI is InChI=1S/C21H20N4O4/c1-14-12-19(24-21(23-14)15-6-8-17(9-7-15)25(26)27)22-13-16-4-2-5-18-20(16)29-11-3-10-28-18/h2,4-9,12H,3,10-11,13H2,1H3,(H,22,23,24). The van der Waals surface area contributed by atoms with Crippen LogP contribution in [0, 0.1) is 17.0 Å². The summed E-state index contributed by atoms with van der Waals surface area (Å²) in [5.41, 5.74) is 2.53. The highest BCUT2D eigenvalue weighted by atomic mass is 16.6. The van der Waals surface area contributed by atoms with E-state index >= 15 is 0 Å². The summed E-state index contributed by atoms with van der Waals surface area (Å²) < 4.78 is 11.6. The van der Waals surface area contributed by atoms with Crippen LogP contribution in [0.2, 0.25) is 0 Å². The quantitative estimate of drug-likeness (QED) is 0.515. The molecule has 0 spiro atoms. The molecule has 29 heavy (non-hydrogen) atoms. The molecule has 0 unspecified atom stereocenters. The van der Waals surface area contributed by atoms with Gasteiger partial charge in [0.1, 0.15) is 5.82 Å². The zero-order valence-corrected chi connectivity index (χ0v) is 15.9. The molecule has 0 saturated carbocycles. The van der Waals surface area contributed by atoms with Crippen molar-refractivity contribution in [2.75, 3.05) is 18.5 Å². The van der Waals surface area contributed by atoms with Gasteiger partial charge in [0.05, 0.1) is 18.1 Å². The van der Waals surface area contributed by atoms with Gasteiger partial charge in [-0.25, -0.2) is 9.97 Å². The van der Waals surface area contributed by atoms with E-state index in [2.05, 4.69) is 15.3 Å². The molecule has 2 aromatic carbocycles. The first kappa shape index (κ1) is 18.7. The maximum Gasteiger partial charge on any atom is 0.269 e. The number of hydrogen-bond acceptors (Lipinski definition) is 7. The third-order valence-electron chi connectivity index (χ3n) is 4.50. The minimum Gasteiger partial charge on any atom is -0.490 e. The van der Waals surface area contributed by atoms with Gasteiger partial charge >= 0.3 is 0 Å². The Morgan fingerprint density at radius 2 is 1.90 bits per heavy atom. The summed E-state index contributed by atoms with van der Waals surface area (Å²) in [7, 11) is 0. The zero-order chi connectivity index (χ0) is 20.2. The van der Waals surface area contributed by atoms with Crippen LogP contribution >= 0.6 is 0 Å². The number of para-hydroxylation sites is 1. The largest absolute Gasteiger partial charge is 0.490 e. The number of fused-ring (bicyclic) bond motifs is 1. The number of aromatic nitrogens is 2. The van der Waals surface area contributed by atoms with Gasteiger partial charge in [-0.1, -0.05) is 12.1 Å². The molecule has 3 aromatic rings. The van der Waals surface area contributed by atoms with Crippen molar-refractivity contribution in [1.29, 1.82) is 0 Å². The molecular weight excluding hydrogens is 372 g/mol. The normalized spacial score (nSPS) is 12.9. The molecule has 0 atom stereocenters. The monoisotopic (exact) mass is 392 g/mol. The van der Waals surface area contributed by atoms with Gasteiger partial charge in [0.25, 0.3) is 5.69 Å². The molecule has 1 aliphatic heterocycles. The van der Waals surface area contributed by atoms with Crippen LogP contribution < -0.4 is 14.8 Å². The topological polar surface area (TPSA) is 99.4 Å². The minimum absolute atomic E-state index is 0.0340. The van der Waals surface area contributed by atoms with Crippen molar-refractivity contribution in [3.63, 3.8) is 0 Å². The van der Waals surface area contributed by atoms with E-state index in [0.29, 0.717) is 37.0 Å². The lowest BCUT2D eigenvalue weighted by Gasteiger charge is -2.14. The van der Waals surface area contributed by atoms with Crippen LogP contribution in [0.1, 0.15) is 17.7 Å². The number of nitro groups is 1. The molecule has 0 fully saturated rings. The fourth-order valence-electron chi connectivity index (χ4n) is 3.10. The predicted octanol–water partition coefficient (Wildman–Crippen LogP) is 4.13. The van der Waals surface area contributed by atoms with E-state index < -0.39 is 4.92 Å². The first-order valence-electron chi connectivity index (χ1n) is 9.32. The third kappa shape index (κ3) is 4.26. The minimum atomic E-state index is -0.428. The second-order valence-electron chi connectivity index (χ2n) is 6.67. The Labute approximate surface area is 167 Å². The van der Waals surface area contributed by atoms with E-state index in [1.54, 1.807) is 12.1 Å². The van der Waals surface area contributed by atoms with Gasteiger partial charge < -0.3 is 14.8 Å². The van der Waals surface area contributed by atoms with E-state index in [4.69, 9.17) is 9.47 Å². The number of ether oxygens (including phenoxy) is 2. The van der Waals surface area contributed by atoms with Crippen LogP contribution in [-0.2, 0) is 6.54 Å². The van der Waals surface area contributed by atoms with Crippen molar-refractivity contribution < 1.29 is 14.4 Å². The number of non-ortho nitro benzene ring substituents is 1. The van der Waals surface area contributed by atoms with Crippen LogP contribution in [0.5, 0.6) is 11.5 Å². The number of nitro benzene ring substituents is 1. The molecule has 2 heterocycles. The Balaban J connectivity index is 1.55. The first-order chi connectivity index (χ1) is 14.1. The Hall–Kier alpha value is -3.68. The van der Waals surface area contributed by atoms with Gasteiger partial charge in [0.2, 0.25) is 0 Å². The number of benzene rings is 2. The van der Waals surface area contributed by atoms with Gasteiger partial charge in [-0.15, -0.1) is 0 Å². The Kier molecular flexibility index (Phi) is 5.24. The van der Waals surface area contributed by atoms with Crippen LogP contribution in [0.4, 0.5) is 11.5 Å². The summed E-state index contributed by atoms with van der Waals surface area (Å²) in [6.07, 6.45) is 0.852. The van der Waals surface area contributed by atoms with E-state index in [-0.39, 0.29) is 5.69 Å². The highest BCUT2D eigenvalue weighted by molar-refractivity contribution is 5.59. The van der Waals surface area contributed by atoms with Crippen molar-refractivity contribution in [3.05, 3.63) is 69.9 Å². The van der Waals surface area contributed by atoms with Crippen molar-refractivity contribution in [2.24, 2.45) is 0 Å². The van der Waals surface area contributed by atoms with Gasteiger partial charge in [0, 0.05) is 48.0 Å². The average Bonchev–Trinajstić information content (AvgIpc) is 2.98. The maximum atomic E-state index is 10.8. The summed E-state index contributed by atoms with van der Waals surface area (Å²) in [5, 5.41) is 14.2. The predicted molar refractivity (Wildman–Crippen MR) is 108 cm³/mol. The molecule has 148 valence electrons. The Morgan fingerprint density at radius 1 is 1.10 bits per heavy atom. The number of hydrogen-bond donors (Lipinski definition) is 1. The Bertz CT molecular complexity index is 1040. The zero-order valence-electron chi connectivity index (χ0n) is 15.9. The average molecular weight is 392 g/mol. The highest BCUT2D eigenvalue weighted by Gasteiger charge is 2.15. The molecule has 1 aliphatic rings. The van der Waals surface area contributed by atoms with E-state index in [9.17, 15) is 10.1 Å². The maximum absolute atomic E-state index is 10.8. The Morgan fingerprint density at radius 3 is 2.69 bits per heavy atom. The molecule has 0 radical (unpaired) electrons. The molecular formula is C21H20N4O4. The summed E-state index contributed by atoms with van der Waals surface area (Å²) >= 11 is 0. The lowest BCUT2D eigenvalue weighted by atomic mass is 10.1. The number of anilines is 1. The van der Waals surface area contributed by atoms with E-state index in [1.807, 2.05) is 31.2 Å². The van der Waals surface area contributed by atoms with Gasteiger partial charge in [-0.05, 0) is 25.1 Å². The summed E-state index contributed by atoms with van der Waals surface area (Å²) in [6, 6.07) is 13.9. The fourth-order valence-corrected chi connectivity index (χ4v) is 3.10. The highest BCUT2D eigenvalue weighted by Crippen LogP contribution is 2.33. The van der Waals surface area contributed by atoms with Crippen molar-refractivity contribution >= 4 is 11.5 Å². The SMILES string of the molecule is Cc1cc(NCc2cccc3c2OCCCO3)nc(-c2ccc([N+](=O)[O-])cc2)n1. The van der Waals surface area contributed by atoms with E-state index in [0.717, 1.165) is 29.2 Å². The van der Waals surface area contributed by atoms with Gasteiger partial charge in [0.15, 0.2) is 17.3 Å². The summed E-state index contributed by atoms with van der Waals surface area (Å²) in [5.74, 6) is 2.69. The smallest absolute Gasteiger partial charge is 0.269 e. The van der Waals surface area contributed by atoms with E-state index in [1.165, 1.54) is 12.1 Å². The second-order valence-corrected chi connectivity index (χ2v) is 6.67. The second kappa shape index (κ2) is 8.14. The van der Waals surface area contributed by atoms with Crippen LogP contribution in [0.3, 0.4) is 0 Å². The van der Waals surface area contributed by atoms with Crippen LogP contribution in [-0.4, -0.2) is 28.1 Å². The molecule has 8 nitrogen and oxygen atoms in total. The number of aryl methyl sites for hydroxylation is 1. The molecule has 1 aromatic heterocycles. The third-order valence-corrected chi connectivity index (χ3v) is 4.50. The first-order valence-corrected chi connectivity index (χ1v) is 9.32. The van der Waals surface area contributed by atoms with Gasteiger partial charge in [-0.2, -0.15) is 0 Å². The molecule has 8 heteroatoms. The van der Waals surface area contributed by atoms with Crippen molar-refractivity contribution in [3.8, 4) is 22.9 Å². The van der Waals surface area contributed by atoms with Crippen molar-refractivity contribution in [2.45, 2.75) is 19.9 Å². The number of nitrogens with zero attached hydrogens (tertiary/aromatic N) is 3. The van der Waals surface area contributed by atoms with Crippen molar-refractivity contribution in [1.82, 2.24) is 9.97 Å². The molecule has 1 N–H and O–H groups in total. The fraction of sp³-hybridized carbons (Fsp3) is 0.238. The lowest BCUT2D eigenvalue weighted by molar-refractivity contribution is -0.384. The summed E-state index contributed by atoms with van der Waals surface area (Å²) in [4.78, 5) is 19.4. The molecule has 0 aliphatic carbocycles. The summed E-state index contributed by atoms with van der Waals surface area (Å²) in [6.45, 7) is 3.67. The number of rotatable bonds is 5. The molecule has 0 saturated heterocycles. The van der Waals surface area contributed by atoms with Crippen LogP contribution in [0.15, 0.2) is 48.5 Å². The molecule has 0 amide bonds. The molecule has 4 rings (SSSR count). The van der Waals surface area contributed by atoms with Gasteiger partial charge in [-0.3, -0.25) is 10.1 Å². The molecule has 0 bridgehead atoms. The number of nitrogens with one attached hydrogen (secondary N) is 1.